The molecule has 1 saturated heterocycles. The maximum absolute atomic E-state index is 5.82. The van der Waals surface area contributed by atoms with E-state index in [1.54, 1.807) is 0 Å². The summed E-state index contributed by atoms with van der Waals surface area (Å²) in [4.78, 5) is 8.72. The summed E-state index contributed by atoms with van der Waals surface area (Å²) < 4.78 is 5.82. The molecule has 4 N–H and O–H groups in total. The van der Waals surface area contributed by atoms with Crippen molar-refractivity contribution in [1.82, 2.24) is 9.97 Å². The lowest BCUT2D eigenvalue weighted by molar-refractivity contribution is 0.0898. The average molecular weight is 281 g/mol. The Labute approximate surface area is 116 Å². The van der Waals surface area contributed by atoms with Gasteiger partial charge in [-0.3, -0.25) is 0 Å². The molecule has 1 aromatic heterocycles. The number of hydrazine groups is 1. The maximum Gasteiger partial charge on any atom is 0.191 e. The number of ether oxygens (including phenoxy) is 1. The van der Waals surface area contributed by atoms with Crippen molar-refractivity contribution in [3.05, 3.63) is 6.07 Å². The highest BCUT2D eigenvalue weighted by Crippen LogP contribution is 2.39. The van der Waals surface area contributed by atoms with Crippen LogP contribution < -0.4 is 16.6 Å². The van der Waals surface area contributed by atoms with Gasteiger partial charge in [0.05, 0.1) is 12.1 Å². The van der Waals surface area contributed by atoms with Gasteiger partial charge in [-0.2, -0.15) is 0 Å². The Bertz CT molecular complexity index is 431. The third kappa shape index (κ3) is 2.93. The van der Waals surface area contributed by atoms with E-state index in [-0.39, 0.29) is 0 Å². The molecule has 2 aliphatic rings. The standard InChI is InChI=1S/C12H19N5OS/c1-19-12-15-9(6-10(16-12)17-13)14-8-4-5-18-11(8)7-2-3-7/h6-8,11H,2-5,13H2,1H3,(H2,14,15,16,17). The molecule has 2 unspecified atom stereocenters. The monoisotopic (exact) mass is 281 g/mol. The van der Waals surface area contributed by atoms with Crippen molar-refractivity contribution in [1.29, 1.82) is 0 Å². The average Bonchev–Trinajstić information content (AvgIpc) is 3.19. The van der Waals surface area contributed by atoms with Crippen LogP contribution in [0.4, 0.5) is 11.6 Å². The number of hydrogen-bond acceptors (Lipinski definition) is 7. The summed E-state index contributed by atoms with van der Waals surface area (Å²) in [5, 5.41) is 4.18. The Morgan fingerprint density at radius 3 is 2.79 bits per heavy atom. The van der Waals surface area contributed by atoms with Crippen LogP contribution in [0.25, 0.3) is 0 Å². The van der Waals surface area contributed by atoms with Crippen LogP contribution in [0, 0.1) is 5.92 Å². The van der Waals surface area contributed by atoms with E-state index >= 15 is 0 Å². The molecular weight excluding hydrogens is 262 g/mol. The summed E-state index contributed by atoms with van der Waals surface area (Å²) in [6.07, 6.45) is 5.90. The Hall–Kier alpha value is -1.05. The molecule has 3 rings (SSSR count). The lowest BCUT2D eigenvalue weighted by Crippen LogP contribution is -2.31. The van der Waals surface area contributed by atoms with Crippen LogP contribution in [0.2, 0.25) is 0 Å². The molecule has 6 nitrogen and oxygen atoms in total. The van der Waals surface area contributed by atoms with Crippen LogP contribution in [-0.4, -0.2) is 35.0 Å². The van der Waals surface area contributed by atoms with Crippen molar-refractivity contribution in [2.75, 3.05) is 23.6 Å². The highest BCUT2D eigenvalue weighted by Gasteiger charge is 2.40. The van der Waals surface area contributed by atoms with Crippen LogP contribution in [-0.2, 0) is 4.74 Å². The van der Waals surface area contributed by atoms with Crippen molar-refractivity contribution < 1.29 is 4.74 Å². The number of nitrogens with one attached hydrogen (secondary N) is 2. The lowest BCUT2D eigenvalue weighted by atomic mass is 10.1. The minimum absolute atomic E-state index is 0.335. The SMILES string of the molecule is CSc1nc(NN)cc(NC2CCOC2C2CC2)n1. The predicted molar refractivity (Wildman–Crippen MR) is 76.1 cm³/mol. The van der Waals surface area contributed by atoms with Gasteiger partial charge in [0, 0.05) is 12.7 Å². The summed E-state index contributed by atoms with van der Waals surface area (Å²) in [6.45, 7) is 0.835. The fourth-order valence-electron chi connectivity index (χ4n) is 2.51. The van der Waals surface area contributed by atoms with Crippen LogP contribution in [0.15, 0.2) is 11.2 Å². The van der Waals surface area contributed by atoms with Gasteiger partial charge in [0.2, 0.25) is 0 Å². The Morgan fingerprint density at radius 2 is 2.11 bits per heavy atom. The molecule has 2 fully saturated rings. The Balaban J connectivity index is 1.74. The molecule has 1 aliphatic carbocycles. The molecule has 0 radical (unpaired) electrons. The minimum atomic E-state index is 0.335. The third-order valence-corrected chi connectivity index (χ3v) is 4.14. The second-order valence-electron chi connectivity index (χ2n) is 4.98. The molecule has 1 aromatic rings. The van der Waals surface area contributed by atoms with Gasteiger partial charge in [-0.15, -0.1) is 0 Å². The summed E-state index contributed by atoms with van der Waals surface area (Å²) in [5.41, 5.74) is 2.58. The van der Waals surface area contributed by atoms with Gasteiger partial charge >= 0.3 is 0 Å². The highest BCUT2D eigenvalue weighted by molar-refractivity contribution is 7.98. The Kier molecular flexibility index (Phi) is 3.76. The quantitative estimate of drug-likeness (QED) is 0.326. The van der Waals surface area contributed by atoms with Crippen LogP contribution in [0.3, 0.4) is 0 Å². The van der Waals surface area contributed by atoms with E-state index in [9.17, 15) is 0 Å². The van der Waals surface area contributed by atoms with Crippen molar-refractivity contribution in [2.24, 2.45) is 11.8 Å². The molecule has 2 atom stereocenters. The second-order valence-corrected chi connectivity index (χ2v) is 5.76. The number of nitrogens with zero attached hydrogens (tertiary/aromatic N) is 2. The maximum atomic E-state index is 5.82. The smallest absolute Gasteiger partial charge is 0.191 e. The molecule has 0 bridgehead atoms. The molecule has 1 aliphatic heterocycles. The first-order valence-electron chi connectivity index (χ1n) is 6.58. The zero-order valence-electron chi connectivity index (χ0n) is 10.9. The first kappa shape index (κ1) is 13.0. The first-order valence-corrected chi connectivity index (χ1v) is 7.80. The third-order valence-electron chi connectivity index (χ3n) is 3.59. The van der Waals surface area contributed by atoms with Gasteiger partial charge in [0.25, 0.3) is 0 Å². The number of thioether (sulfide) groups is 1. The zero-order valence-corrected chi connectivity index (χ0v) is 11.7. The van der Waals surface area contributed by atoms with Gasteiger partial charge in [-0.1, -0.05) is 11.8 Å². The van der Waals surface area contributed by atoms with Gasteiger partial charge < -0.3 is 15.5 Å². The Morgan fingerprint density at radius 1 is 1.32 bits per heavy atom. The van der Waals surface area contributed by atoms with Gasteiger partial charge in [-0.05, 0) is 31.4 Å². The molecular formula is C12H19N5OS. The molecule has 0 amide bonds. The molecule has 19 heavy (non-hydrogen) atoms. The fourth-order valence-corrected chi connectivity index (χ4v) is 2.89. The summed E-state index contributed by atoms with van der Waals surface area (Å²) in [7, 11) is 0. The molecule has 7 heteroatoms. The van der Waals surface area contributed by atoms with Gasteiger partial charge in [-0.25, -0.2) is 15.8 Å². The minimum Gasteiger partial charge on any atom is -0.376 e. The van der Waals surface area contributed by atoms with Crippen molar-refractivity contribution >= 4 is 23.4 Å². The molecule has 104 valence electrons. The van der Waals surface area contributed by atoms with Crippen LogP contribution in [0.5, 0.6) is 0 Å². The van der Waals surface area contributed by atoms with E-state index in [0.717, 1.165) is 24.8 Å². The number of anilines is 2. The van der Waals surface area contributed by atoms with E-state index in [1.165, 1.54) is 24.6 Å². The van der Waals surface area contributed by atoms with Crippen LogP contribution in [0.1, 0.15) is 19.3 Å². The number of aromatic nitrogens is 2. The number of hydrogen-bond donors (Lipinski definition) is 3. The summed E-state index contributed by atoms with van der Waals surface area (Å²) in [5.74, 6) is 7.61. The van der Waals surface area contributed by atoms with E-state index in [1.807, 2.05) is 12.3 Å². The second kappa shape index (κ2) is 5.52. The molecule has 0 aromatic carbocycles. The van der Waals surface area contributed by atoms with Crippen molar-refractivity contribution in [3.63, 3.8) is 0 Å². The number of nitrogens with two attached hydrogens (primary N) is 1. The van der Waals surface area contributed by atoms with Gasteiger partial charge in [0.15, 0.2) is 5.16 Å². The fraction of sp³-hybridized carbons (Fsp3) is 0.667. The van der Waals surface area contributed by atoms with Crippen LogP contribution >= 0.6 is 11.8 Å². The van der Waals surface area contributed by atoms with E-state index in [0.29, 0.717) is 23.1 Å². The van der Waals surface area contributed by atoms with E-state index in [2.05, 4.69) is 20.7 Å². The predicted octanol–water partition coefficient (Wildman–Crippen LogP) is 1.46. The summed E-state index contributed by atoms with van der Waals surface area (Å²) in [6, 6.07) is 2.19. The number of rotatable bonds is 5. The molecule has 1 saturated carbocycles. The largest absolute Gasteiger partial charge is 0.376 e. The van der Waals surface area contributed by atoms with Crippen molar-refractivity contribution in [2.45, 2.75) is 36.6 Å². The highest BCUT2D eigenvalue weighted by atomic mass is 32.2. The van der Waals surface area contributed by atoms with Crippen molar-refractivity contribution in [3.8, 4) is 0 Å². The van der Waals surface area contributed by atoms with E-state index < -0.39 is 0 Å². The summed E-state index contributed by atoms with van der Waals surface area (Å²) >= 11 is 1.50. The first-order chi connectivity index (χ1) is 9.30. The molecule has 0 spiro atoms. The topological polar surface area (TPSA) is 85.1 Å². The van der Waals surface area contributed by atoms with Gasteiger partial charge in [0.1, 0.15) is 11.6 Å². The zero-order chi connectivity index (χ0) is 13.2. The lowest BCUT2D eigenvalue weighted by Gasteiger charge is -2.20. The number of nitrogen functional groups attached to an aromatic ring is 1. The normalized spacial score (nSPS) is 26.4. The molecule has 2 heterocycles. The van der Waals surface area contributed by atoms with E-state index in [4.69, 9.17) is 10.6 Å².